The second-order valence-electron chi connectivity index (χ2n) is 6.02. The number of rotatable bonds is 4. The van der Waals surface area contributed by atoms with E-state index in [0.29, 0.717) is 12.1 Å². The zero-order valence-electron chi connectivity index (χ0n) is 13.8. The first-order valence-electron chi connectivity index (χ1n) is 8.14. The summed E-state index contributed by atoms with van der Waals surface area (Å²) < 4.78 is 15.9. The number of halogens is 1. The van der Waals surface area contributed by atoms with Crippen molar-refractivity contribution in [3.05, 3.63) is 90.0 Å². The van der Waals surface area contributed by atoms with Gasteiger partial charge in [-0.3, -0.25) is 0 Å². The number of fused-ring (bicyclic) bond motifs is 1. The Kier molecular flexibility index (Phi) is 3.97. The van der Waals surface area contributed by atoms with Gasteiger partial charge in [-0.15, -0.1) is 0 Å². The lowest BCUT2D eigenvalue weighted by atomic mass is 10.0. The second-order valence-corrected chi connectivity index (χ2v) is 6.02. The lowest BCUT2D eigenvalue weighted by molar-refractivity contribution is 0.0697. The van der Waals surface area contributed by atoms with E-state index in [1.165, 1.54) is 6.07 Å². The standard InChI is InChI=1S/C21H15FN2O2/c22-19-9-2-1-5-16(19)12-24-13-18(17-8-4-10-23-20(17)24)14-6-3-7-15(11-14)21(25)26/h1-11,13H,12H2,(H,25,26). The highest BCUT2D eigenvalue weighted by Gasteiger charge is 2.14. The van der Waals surface area contributed by atoms with Crippen LogP contribution in [0.2, 0.25) is 0 Å². The molecule has 0 fully saturated rings. The number of hydrogen-bond acceptors (Lipinski definition) is 2. The van der Waals surface area contributed by atoms with Gasteiger partial charge in [0.05, 0.1) is 12.1 Å². The van der Waals surface area contributed by atoms with Crippen molar-refractivity contribution in [2.24, 2.45) is 0 Å². The molecule has 0 saturated carbocycles. The molecule has 0 atom stereocenters. The van der Waals surface area contributed by atoms with Gasteiger partial charge in [-0.2, -0.15) is 0 Å². The monoisotopic (exact) mass is 346 g/mol. The molecule has 0 spiro atoms. The summed E-state index contributed by atoms with van der Waals surface area (Å²) in [6.45, 7) is 0.346. The number of hydrogen-bond donors (Lipinski definition) is 1. The Labute approximate surface area is 149 Å². The van der Waals surface area contributed by atoms with Crippen molar-refractivity contribution in [2.75, 3.05) is 0 Å². The van der Waals surface area contributed by atoms with Crippen LogP contribution in [0.3, 0.4) is 0 Å². The summed E-state index contributed by atoms with van der Waals surface area (Å²) in [5.41, 5.74) is 3.18. The lowest BCUT2D eigenvalue weighted by Crippen LogP contribution is -2.01. The second kappa shape index (κ2) is 6.44. The van der Waals surface area contributed by atoms with Crippen LogP contribution in [-0.2, 0) is 6.54 Å². The highest BCUT2D eigenvalue weighted by Crippen LogP contribution is 2.30. The molecule has 26 heavy (non-hydrogen) atoms. The van der Waals surface area contributed by atoms with Crippen molar-refractivity contribution in [3.63, 3.8) is 0 Å². The highest BCUT2D eigenvalue weighted by atomic mass is 19.1. The molecule has 0 saturated heterocycles. The molecular formula is C21H15FN2O2. The summed E-state index contributed by atoms with van der Waals surface area (Å²) in [5.74, 6) is -1.24. The first kappa shape index (κ1) is 16.0. The van der Waals surface area contributed by atoms with E-state index in [1.807, 2.05) is 29.0 Å². The van der Waals surface area contributed by atoms with Crippen LogP contribution in [0, 0.1) is 5.82 Å². The zero-order chi connectivity index (χ0) is 18.1. The molecule has 2 aromatic heterocycles. The molecule has 0 aliphatic carbocycles. The molecule has 4 aromatic rings. The van der Waals surface area contributed by atoms with Crippen LogP contribution in [0.15, 0.2) is 73.1 Å². The molecule has 0 aliphatic heterocycles. The minimum absolute atomic E-state index is 0.224. The van der Waals surface area contributed by atoms with Crippen LogP contribution < -0.4 is 0 Å². The van der Waals surface area contributed by atoms with Crippen molar-refractivity contribution < 1.29 is 14.3 Å². The lowest BCUT2D eigenvalue weighted by Gasteiger charge is -2.05. The molecule has 2 heterocycles. The van der Waals surface area contributed by atoms with Crippen LogP contribution in [0.5, 0.6) is 0 Å². The number of aromatic nitrogens is 2. The number of nitrogens with zero attached hydrogens (tertiary/aromatic N) is 2. The van der Waals surface area contributed by atoms with Crippen LogP contribution >= 0.6 is 0 Å². The summed E-state index contributed by atoms with van der Waals surface area (Å²) in [7, 11) is 0. The average molecular weight is 346 g/mol. The predicted molar refractivity (Wildman–Crippen MR) is 97.6 cm³/mol. The van der Waals surface area contributed by atoms with Crippen LogP contribution in [-0.4, -0.2) is 20.6 Å². The Morgan fingerprint density at radius 2 is 1.92 bits per heavy atom. The van der Waals surface area contributed by atoms with Gasteiger partial charge in [0.25, 0.3) is 0 Å². The number of carboxylic acids is 1. The molecule has 0 radical (unpaired) electrons. The fraction of sp³-hybridized carbons (Fsp3) is 0.0476. The first-order chi connectivity index (χ1) is 12.6. The van der Waals surface area contributed by atoms with Gasteiger partial charge in [0, 0.05) is 28.9 Å². The number of carboxylic acid groups (broad SMARTS) is 1. The van der Waals surface area contributed by atoms with Crippen LogP contribution in [0.1, 0.15) is 15.9 Å². The predicted octanol–water partition coefficient (Wildman–Crippen LogP) is 4.59. The molecule has 1 N–H and O–H groups in total. The Morgan fingerprint density at radius 3 is 2.73 bits per heavy atom. The maximum absolute atomic E-state index is 14.0. The van der Waals surface area contributed by atoms with E-state index in [-0.39, 0.29) is 11.4 Å². The highest BCUT2D eigenvalue weighted by molar-refractivity contribution is 5.96. The third kappa shape index (κ3) is 2.84. The summed E-state index contributed by atoms with van der Waals surface area (Å²) in [6, 6.07) is 17.2. The number of aromatic carboxylic acids is 1. The molecule has 0 unspecified atom stereocenters. The van der Waals surface area contributed by atoms with E-state index in [1.54, 1.807) is 42.6 Å². The van der Waals surface area contributed by atoms with E-state index in [9.17, 15) is 14.3 Å². The minimum atomic E-state index is -0.972. The quantitative estimate of drug-likeness (QED) is 0.588. The van der Waals surface area contributed by atoms with Gasteiger partial charge in [-0.1, -0.05) is 30.3 Å². The summed E-state index contributed by atoms with van der Waals surface area (Å²) in [5, 5.41) is 10.1. The van der Waals surface area contributed by atoms with E-state index in [4.69, 9.17) is 0 Å². The van der Waals surface area contributed by atoms with Crippen LogP contribution in [0.4, 0.5) is 4.39 Å². The van der Waals surface area contributed by atoms with Gasteiger partial charge in [-0.25, -0.2) is 14.2 Å². The molecule has 0 aliphatic rings. The van der Waals surface area contributed by atoms with Gasteiger partial charge in [0.2, 0.25) is 0 Å². The Bertz CT molecular complexity index is 1120. The summed E-state index contributed by atoms with van der Waals surface area (Å²) in [4.78, 5) is 15.7. The molecule has 2 aromatic carbocycles. The third-order valence-corrected chi connectivity index (χ3v) is 4.35. The Morgan fingerprint density at radius 1 is 1.08 bits per heavy atom. The molecule has 128 valence electrons. The summed E-state index contributed by atoms with van der Waals surface area (Å²) >= 11 is 0. The molecule has 0 bridgehead atoms. The normalized spacial score (nSPS) is 11.0. The van der Waals surface area contributed by atoms with Gasteiger partial charge in [-0.05, 0) is 35.9 Å². The Hall–Kier alpha value is -3.47. The minimum Gasteiger partial charge on any atom is -0.478 e. The number of benzene rings is 2. The smallest absolute Gasteiger partial charge is 0.335 e. The van der Waals surface area contributed by atoms with Gasteiger partial charge in [0.15, 0.2) is 0 Å². The van der Waals surface area contributed by atoms with Crippen molar-refractivity contribution in [2.45, 2.75) is 6.54 Å². The van der Waals surface area contributed by atoms with Gasteiger partial charge < -0.3 is 9.67 Å². The molecular weight excluding hydrogens is 331 g/mol. The maximum atomic E-state index is 14.0. The topological polar surface area (TPSA) is 55.1 Å². The van der Waals surface area contributed by atoms with E-state index >= 15 is 0 Å². The number of pyridine rings is 1. The largest absolute Gasteiger partial charge is 0.478 e. The fourth-order valence-corrected chi connectivity index (χ4v) is 3.10. The molecule has 4 nitrogen and oxygen atoms in total. The van der Waals surface area contributed by atoms with E-state index in [2.05, 4.69) is 4.98 Å². The van der Waals surface area contributed by atoms with Gasteiger partial charge >= 0.3 is 5.97 Å². The molecule has 5 heteroatoms. The average Bonchev–Trinajstić information content (AvgIpc) is 3.02. The van der Waals surface area contributed by atoms with Gasteiger partial charge in [0.1, 0.15) is 11.5 Å². The summed E-state index contributed by atoms with van der Waals surface area (Å²) in [6.07, 6.45) is 3.59. The van der Waals surface area contributed by atoms with E-state index in [0.717, 1.165) is 22.2 Å². The van der Waals surface area contributed by atoms with Crippen molar-refractivity contribution >= 4 is 17.0 Å². The molecule has 0 amide bonds. The SMILES string of the molecule is O=C(O)c1cccc(-c2cn(Cc3ccccc3F)c3ncccc23)c1. The van der Waals surface area contributed by atoms with Crippen molar-refractivity contribution in [1.29, 1.82) is 0 Å². The third-order valence-electron chi connectivity index (χ3n) is 4.35. The number of carbonyl (C=O) groups is 1. The van der Waals surface area contributed by atoms with Crippen LogP contribution in [0.25, 0.3) is 22.2 Å². The zero-order valence-corrected chi connectivity index (χ0v) is 13.8. The Balaban J connectivity index is 1.86. The maximum Gasteiger partial charge on any atom is 0.335 e. The molecule has 4 rings (SSSR count). The van der Waals surface area contributed by atoms with Crippen molar-refractivity contribution in [1.82, 2.24) is 9.55 Å². The van der Waals surface area contributed by atoms with E-state index < -0.39 is 5.97 Å². The first-order valence-corrected chi connectivity index (χ1v) is 8.14. The van der Waals surface area contributed by atoms with Crippen molar-refractivity contribution in [3.8, 4) is 11.1 Å². The fourth-order valence-electron chi connectivity index (χ4n) is 3.10.